The summed E-state index contributed by atoms with van der Waals surface area (Å²) in [5.74, 6) is 2.22. The van der Waals surface area contributed by atoms with Gasteiger partial charge < -0.3 is 0 Å². The molecule has 1 heteroatoms. The molecule has 1 aromatic carbocycles. The third-order valence-corrected chi connectivity index (χ3v) is 3.24. The van der Waals surface area contributed by atoms with Crippen LogP contribution in [0.2, 0.25) is 0 Å². The quantitative estimate of drug-likeness (QED) is 0.644. The monoisotopic (exact) mass is 269 g/mol. The van der Waals surface area contributed by atoms with E-state index in [-0.39, 0.29) is 29.6 Å². The Balaban J connectivity index is 0.00000324. The molecule has 0 atom stereocenters. The first kappa shape index (κ1) is 19.2. The van der Waals surface area contributed by atoms with Gasteiger partial charge in [-0.1, -0.05) is 59.7 Å². The fourth-order valence-electron chi connectivity index (χ4n) is 2.62. The van der Waals surface area contributed by atoms with Crippen molar-refractivity contribution in [2.45, 2.75) is 60.8 Å². The second kappa shape index (κ2) is 9.21. The van der Waals surface area contributed by atoms with Crippen molar-refractivity contribution in [3.05, 3.63) is 34.9 Å². The van der Waals surface area contributed by atoms with Crippen molar-refractivity contribution < 1.29 is 0 Å². The van der Waals surface area contributed by atoms with Crippen molar-refractivity contribution in [3.8, 4) is 0 Å². The molecule has 0 heterocycles. The zero-order valence-corrected chi connectivity index (χ0v) is 16.1. The van der Waals surface area contributed by atoms with Crippen molar-refractivity contribution in [1.29, 1.82) is 0 Å². The zero-order valence-electron chi connectivity index (χ0n) is 14.1. The summed E-state index contributed by atoms with van der Waals surface area (Å²) >= 11 is 0. The van der Waals surface area contributed by atoms with Gasteiger partial charge in [-0.3, -0.25) is 0 Å². The molecule has 0 bridgehead atoms. The van der Waals surface area contributed by atoms with Crippen LogP contribution >= 0.6 is 0 Å². The molecule has 1 radical (unpaired) electrons. The van der Waals surface area contributed by atoms with Crippen LogP contribution in [0, 0.1) is 17.8 Å². The second-order valence-corrected chi connectivity index (χ2v) is 6.85. The summed E-state index contributed by atoms with van der Waals surface area (Å²) in [6.45, 7) is 13.9. The Morgan fingerprint density at radius 2 is 1.05 bits per heavy atom. The molecule has 0 aliphatic heterocycles. The van der Waals surface area contributed by atoms with Crippen LogP contribution in [0.15, 0.2) is 18.2 Å². The first-order valence-corrected chi connectivity index (χ1v) is 7.49. The molecule has 103 valence electrons. The summed E-state index contributed by atoms with van der Waals surface area (Å²) in [5, 5.41) is 0. The number of hydrogen-bond donors (Lipinski definition) is 0. The van der Waals surface area contributed by atoms with Crippen molar-refractivity contribution in [2.75, 3.05) is 0 Å². The summed E-state index contributed by atoms with van der Waals surface area (Å²) < 4.78 is 0. The molecular weight excluding hydrogens is 239 g/mol. The molecule has 0 saturated heterocycles. The Labute approximate surface area is 142 Å². The van der Waals surface area contributed by atoms with E-state index in [1.165, 1.54) is 19.3 Å². The fourth-order valence-corrected chi connectivity index (χ4v) is 2.62. The summed E-state index contributed by atoms with van der Waals surface area (Å²) in [4.78, 5) is 0. The number of benzene rings is 1. The van der Waals surface area contributed by atoms with Gasteiger partial charge in [0.25, 0.3) is 0 Å². The maximum atomic E-state index is 2.33. The summed E-state index contributed by atoms with van der Waals surface area (Å²) in [5.41, 5.74) is 4.80. The Bertz CT molecular complexity index is 336. The van der Waals surface area contributed by atoms with E-state index in [1.54, 1.807) is 16.7 Å². The van der Waals surface area contributed by atoms with Gasteiger partial charge in [0.2, 0.25) is 0 Å². The van der Waals surface area contributed by atoms with Gasteiger partial charge >= 0.3 is 0 Å². The number of hydrogen-bond acceptors (Lipinski definition) is 0. The average Bonchev–Trinajstić information content (AvgIpc) is 2.20. The predicted octanol–water partition coefficient (Wildman–Crippen LogP) is 4.90. The standard InChI is InChI=1S/C18H30.Na/c1-13(2)10-16-8-7-9-17(11-14(3)4)18(16)12-15(5)6;/h7-9,13-15H,10-12H2,1-6H3;. The Kier molecular flexibility index (Phi) is 9.32. The normalized spacial score (nSPS) is 11.2. The van der Waals surface area contributed by atoms with Gasteiger partial charge in [0, 0.05) is 29.6 Å². The van der Waals surface area contributed by atoms with Gasteiger partial charge in [-0.15, -0.1) is 0 Å². The molecular formula is C18H30Na. The van der Waals surface area contributed by atoms with Crippen LogP contribution < -0.4 is 0 Å². The van der Waals surface area contributed by atoms with E-state index in [2.05, 4.69) is 59.7 Å². The molecule has 0 unspecified atom stereocenters. The Hall–Kier alpha value is 0.220. The third kappa shape index (κ3) is 6.97. The SMILES string of the molecule is CC(C)Cc1cccc(CC(C)C)c1CC(C)C.[Na]. The van der Waals surface area contributed by atoms with E-state index in [4.69, 9.17) is 0 Å². The topological polar surface area (TPSA) is 0 Å². The van der Waals surface area contributed by atoms with Crippen LogP contribution in [0.5, 0.6) is 0 Å². The molecule has 0 amide bonds. The van der Waals surface area contributed by atoms with E-state index < -0.39 is 0 Å². The van der Waals surface area contributed by atoms with Crippen molar-refractivity contribution in [3.63, 3.8) is 0 Å². The first-order chi connectivity index (χ1) is 8.40. The van der Waals surface area contributed by atoms with Gasteiger partial charge in [-0.2, -0.15) is 0 Å². The molecule has 0 fully saturated rings. The molecule has 1 rings (SSSR count). The Morgan fingerprint density at radius 3 is 1.37 bits per heavy atom. The van der Waals surface area contributed by atoms with Crippen LogP contribution in [0.4, 0.5) is 0 Å². The second-order valence-electron chi connectivity index (χ2n) is 6.85. The van der Waals surface area contributed by atoms with Gasteiger partial charge in [0.05, 0.1) is 0 Å². The minimum absolute atomic E-state index is 0. The van der Waals surface area contributed by atoms with E-state index in [0.717, 1.165) is 17.8 Å². The van der Waals surface area contributed by atoms with Crippen LogP contribution in [-0.4, -0.2) is 29.6 Å². The summed E-state index contributed by atoms with van der Waals surface area (Å²) in [6, 6.07) is 6.92. The molecule has 1 aromatic rings. The van der Waals surface area contributed by atoms with Crippen molar-refractivity contribution >= 4 is 29.6 Å². The van der Waals surface area contributed by atoms with Crippen LogP contribution in [0.25, 0.3) is 0 Å². The van der Waals surface area contributed by atoms with Gasteiger partial charge in [0.15, 0.2) is 0 Å². The fraction of sp³-hybridized carbons (Fsp3) is 0.667. The molecule has 0 nitrogen and oxygen atoms in total. The number of rotatable bonds is 6. The maximum absolute atomic E-state index is 2.33. The molecule has 0 saturated carbocycles. The largest absolute Gasteiger partial charge is 0.0625 e. The van der Waals surface area contributed by atoms with Crippen molar-refractivity contribution in [1.82, 2.24) is 0 Å². The van der Waals surface area contributed by atoms with E-state index in [9.17, 15) is 0 Å². The molecule has 0 spiro atoms. The van der Waals surface area contributed by atoms with E-state index >= 15 is 0 Å². The molecule has 0 aliphatic rings. The Morgan fingerprint density at radius 1 is 0.684 bits per heavy atom. The predicted molar refractivity (Wildman–Crippen MR) is 87.8 cm³/mol. The van der Waals surface area contributed by atoms with Gasteiger partial charge in [-0.25, -0.2) is 0 Å². The third-order valence-electron chi connectivity index (χ3n) is 3.24. The van der Waals surface area contributed by atoms with Crippen LogP contribution in [0.3, 0.4) is 0 Å². The minimum atomic E-state index is 0. The molecule has 0 aromatic heterocycles. The molecule has 0 aliphatic carbocycles. The zero-order chi connectivity index (χ0) is 13.7. The van der Waals surface area contributed by atoms with E-state index in [1.807, 2.05) is 0 Å². The summed E-state index contributed by atoms with van der Waals surface area (Å²) in [6.07, 6.45) is 3.66. The first-order valence-electron chi connectivity index (χ1n) is 7.49. The minimum Gasteiger partial charge on any atom is -0.0625 e. The molecule has 19 heavy (non-hydrogen) atoms. The maximum Gasteiger partial charge on any atom is 0 e. The van der Waals surface area contributed by atoms with E-state index in [0.29, 0.717) is 0 Å². The molecule has 0 N–H and O–H groups in total. The van der Waals surface area contributed by atoms with Crippen molar-refractivity contribution in [2.24, 2.45) is 17.8 Å². The van der Waals surface area contributed by atoms with Gasteiger partial charge in [0.1, 0.15) is 0 Å². The van der Waals surface area contributed by atoms with Crippen LogP contribution in [0.1, 0.15) is 58.2 Å². The smallest absolute Gasteiger partial charge is 0 e. The van der Waals surface area contributed by atoms with Gasteiger partial charge in [-0.05, 0) is 53.7 Å². The summed E-state index contributed by atoms with van der Waals surface area (Å²) in [7, 11) is 0. The van der Waals surface area contributed by atoms with Crippen LogP contribution in [-0.2, 0) is 19.3 Å². The average molecular weight is 269 g/mol.